The highest BCUT2D eigenvalue weighted by Crippen LogP contribution is 2.41. The average molecular weight is 449 g/mol. The molecule has 1 fully saturated rings. The lowest BCUT2D eigenvalue weighted by atomic mass is 9.77. The van der Waals surface area contributed by atoms with Crippen molar-refractivity contribution in [2.75, 3.05) is 19.6 Å². The van der Waals surface area contributed by atoms with Crippen LogP contribution >= 0.6 is 0 Å². The molecule has 2 amide bonds. The molecule has 2 aromatic rings. The maximum absolute atomic E-state index is 13.5. The number of rotatable bonds is 3. The van der Waals surface area contributed by atoms with Gasteiger partial charge in [-0.3, -0.25) is 19.0 Å². The fourth-order valence-electron chi connectivity index (χ4n) is 5.57. The van der Waals surface area contributed by atoms with Gasteiger partial charge >= 0.3 is 0 Å². The van der Waals surface area contributed by atoms with E-state index >= 15 is 0 Å². The molecule has 7 heteroatoms. The number of aromatic nitrogens is 2. The van der Waals surface area contributed by atoms with Crippen molar-refractivity contribution >= 4 is 11.8 Å². The molecule has 0 unspecified atom stereocenters. The third kappa shape index (κ3) is 4.09. The minimum atomic E-state index is -0.0407. The van der Waals surface area contributed by atoms with Crippen molar-refractivity contribution in [1.82, 2.24) is 19.4 Å². The zero-order valence-electron chi connectivity index (χ0n) is 19.5. The Hall–Kier alpha value is -2.96. The smallest absolute Gasteiger partial charge is 0.258 e. The molecule has 174 valence electrons. The molecule has 0 saturated carbocycles. The standard InChI is InChI=1S/C26H32N4O3/c1-18(2)14-23(31)28-12-9-26(10-13-28)15-22-27-21-8-11-29(16-20(21)25(33)30(22)17-26)24(32)19-6-4-3-5-7-19/h3-7,18H,8-17H2,1-2H3. The van der Waals surface area contributed by atoms with Crippen LogP contribution in [0.25, 0.3) is 0 Å². The van der Waals surface area contributed by atoms with Gasteiger partial charge in [0.2, 0.25) is 5.91 Å². The summed E-state index contributed by atoms with van der Waals surface area (Å²) in [6.07, 6.45) is 3.82. The summed E-state index contributed by atoms with van der Waals surface area (Å²) in [5.41, 5.74) is 2.18. The van der Waals surface area contributed by atoms with Crippen LogP contribution in [0.3, 0.4) is 0 Å². The molecule has 0 aliphatic carbocycles. The molecular formula is C26H32N4O3. The lowest BCUT2D eigenvalue weighted by Gasteiger charge is -2.39. The Labute approximate surface area is 194 Å². The van der Waals surface area contributed by atoms with Crippen LogP contribution in [0.5, 0.6) is 0 Å². The van der Waals surface area contributed by atoms with Gasteiger partial charge in [0.15, 0.2) is 0 Å². The molecule has 1 aromatic carbocycles. The molecule has 5 rings (SSSR count). The van der Waals surface area contributed by atoms with Gasteiger partial charge in [-0.15, -0.1) is 0 Å². The van der Waals surface area contributed by atoms with Crippen molar-refractivity contribution in [3.8, 4) is 0 Å². The summed E-state index contributed by atoms with van der Waals surface area (Å²) < 4.78 is 1.85. The van der Waals surface area contributed by atoms with E-state index < -0.39 is 0 Å². The Morgan fingerprint density at radius 1 is 1.06 bits per heavy atom. The predicted octanol–water partition coefficient (Wildman–Crippen LogP) is 2.65. The SMILES string of the molecule is CC(C)CC(=O)N1CCC2(CC1)Cc1nc3c(c(=O)n1C2)CN(C(=O)c1ccccc1)CC3. The van der Waals surface area contributed by atoms with E-state index in [0.717, 1.165) is 43.9 Å². The number of carbonyl (C=O) groups excluding carboxylic acids is 2. The minimum Gasteiger partial charge on any atom is -0.343 e. The molecular weight excluding hydrogens is 416 g/mol. The summed E-state index contributed by atoms with van der Waals surface area (Å²) in [5, 5.41) is 0. The van der Waals surface area contributed by atoms with Gasteiger partial charge in [-0.25, -0.2) is 4.98 Å². The summed E-state index contributed by atoms with van der Waals surface area (Å²) in [5.74, 6) is 1.44. The van der Waals surface area contributed by atoms with Gasteiger partial charge in [0.25, 0.3) is 11.5 Å². The largest absolute Gasteiger partial charge is 0.343 e. The molecule has 0 N–H and O–H groups in total. The number of nitrogens with zero attached hydrogens (tertiary/aromatic N) is 4. The number of hydrogen-bond acceptors (Lipinski definition) is 4. The van der Waals surface area contributed by atoms with Crippen molar-refractivity contribution in [2.24, 2.45) is 11.3 Å². The summed E-state index contributed by atoms with van der Waals surface area (Å²) in [6.45, 7) is 7.23. The highest BCUT2D eigenvalue weighted by Gasteiger charge is 2.43. The van der Waals surface area contributed by atoms with Gasteiger partial charge in [-0.05, 0) is 36.3 Å². The molecule has 4 heterocycles. The number of benzene rings is 1. The molecule has 3 aliphatic heterocycles. The number of piperidine rings is 1. The van der Waals surface area contributed by atoms with Crippen LogP contribution < -0.4 is 5.56 Å². The van der Waals surface area contributed by atoms with Crippen molar-refractivity contribution in [1.29, 1.82) is 0 Å². The maximum Gasteiger partial charge on any atom is 0.258 e. The number of fused-ring (bicyclic) bond motifs is 2. The Morgan fingerprint density at radius 3 is 2.48 bits per heavy atom. The van der Waals surface area contributed by atoms with Crippen LogP contribution in [-0.2, 0) is 30.7 Å². The van der Waals surface area contributed by atoms with E-state index in [1.165, 1.54) is 0 Å². The first-order valence-electron chi connectivity index (χ1n) is 12.1. The van der Waals surface area contributed by atoms with E-state index in [4.69, 9.17) is 4.98 Å². The zero-order valence-corrected chi connectivity index (χ0v) is 19.5. The molecule has 1 saturated heterocycles. The average Bonchev–Trinajstić information content (AvgIpc) is 3.17. The molecule has 1 spiro atoms. The van der Waals surface area contributed by atoms with Crippen LogP contribution in [0.1, 0.15) is 60.5 Å². The van der Waals surface area contributed by atoms with Gasteiger partial charge in [0.05, 0.1) is 17.8 Å². The minimum absolute atomic E-state index is 0.00995. The number of amides is 2. The van der Waals surface area contributed by atoms with Crippen molar-refractivity contribution in [3.05, 3.63) is 63.3 Å². The molecule has 1 aromatic heterocycles. The van der Waals surface area contributed by atoms with E-state index in [9.17, 15) is 14.4 Å². The molecule has 7 nitrogen and oxygen atoms in total. The van der Waals surface area contributed by atoms with E-state index in [-0.39, 0.29) is 22.8 Å². The Morgan fingerprint density at radius 2 is 1.79 bits per heavy atom. The normalized spacial score (nSPS) is 19.0. The van der Waals surface area contributed by atoms with E-state index in [2.05, 4.69) is 13.8 Å². The van der Waals surface area contributed by atoms with E-state index in [0.29, 0.717) is 49.5 Å². The highest BCUT2D eigenvalue weighted by molar-refractivity contribution is 5.94. The van der Waals surface area contributed by atoms with Crippen LogP contribution in [0.4, 0.5) is 0 Å². The highest BCUT2D eigenvalue weighted by atomic mass is 16.2. The van der Waals surface area contributed by atoms with Gasteiger partial charge in [0, 0.05) is 51.0 Å². The first-order valence-corrected chi connectivity index (χ1v) is 12.1. The maximum atomic E-state index is 13.5. The van der Waals surface area contributed by atoms with Crippen molar-refractivity contribution in [2.45, 2.75) is 59.0 Å². The van der Waals surface area contributed by atoms with Crippen molar-refractivity contribution < 1.29 is 9.59 Å². The van der Waals surface area contributed by atoms with Crippen molar-refractivity contribution in [3.63, 3.8) is 0 Å². The lowest BCUT2D eigenvalue weighted by molar-refractivity contribution is -0.134. The molecule has 0 radical (unpaired) electrons. The monoisotopic (exact) mass is 448 g/mol. The fourth-order valence-corrected chi connectivity index (χ4v) is 5.57. The summed E-state index contributed by atoms with van der Waals surface area (Å²) in [7, 11) is 0. The third-order valence-corrected chi connectivity index (χ3v) is 7.49. The van der Waals surface area contributed by atoms with E-state index in [1.807, 2.05) is 39.8 Å². The van der Waals surface area contributed by atoms with Gasteiger partial charge in [-0.1, -0.05) is 32.0 Å². The molecule has 0 atom stereocenters. The number of carbonyl (C=O) groups is 2. The Kier molecular flexibility index (Phi) is 5.59. The van der Waals surface area contributed by atoms with E-state index in [1.54, 1.807) is 4.90 Å². The van der Waals surface area contributed by atoms with Crippen LogP contribution in [0.15, 0.2) is 35.1 Å². The summed E-state index contributed by atoms with van der Waals surface area (Å²) >= 11 is 0. The number of hydrogen-bond donors (Lipinski definition) is 0. The second-order valence-electron chi connectivity index (χ2n) is 10.3. The van der Waals surface area contributed by atoms with Crippen LogP contribution in [-0.4, -0.2) is 50.8 Å². The van der Waals surface area contributed by atoms with Crippen LogP contribution in [0, 0.1) is 11.3 Å². The quantitative estimate of drug-likeness (QED) is 0.724. The van der Waals surface area contributed by atoms with Gasteiger partial charge < -0.3 is 9.80 Å². The zero-order chi connectivity index (χ0) is 23.2. The Balaban J connectivity index is 1.32. The second kappa shape index (κ2) is 8.43. The first-order chi connectivity index (χ1) is 15.8. The van der Waals surface area contributed by atoms with Gasteiger partial charge in [-0.2, -0.15) is 0 Å². The molecule has 3 aliphatic rings. The van der Waals surface area contributed by atoms with Crippen LogP contribution in [0.2, 0.25) is 0 Å². The molecule has 0 bridgehead atoms. The summed E-state index contributed by atoms with van der Waals surface area (Å²) in [6, 6.07) is 9.23. The van der Waals surface area contributed by atoms with Gasteiger partial charge in [0.1, 0.15) is 5.82 Å². The topological polar surface area (TPSA) is 75.5 Å². The Bertz CT molecular complexity index is 1130. The second-order valence-corrected chi connectivity index (χ2v) is 10.3. The third-order valence-electron chi connectivity index (χ3n) is 7.49. The predicted molar refractivity (Wildman–Crippen MR) is 125 cm³/mol. The first kappa shape index (κ1) is 21.9. The fraction of sp³-hybridized carbons (Fsp3) is 0.538. The molecule has 33 heavy (non-hydrogen) atoms. The lowest BCUT2D eigenvalue weighted by Crippen LogP contribution is -2.44. The number of likely N-dealkylation sites (tertiary alicyclic amines) is 1. The summed E-state index contributed by atoms with van der Waals surface area (Å²) in [4.78, 5) is 47.5.